The third kappa shape index (κ3) is 2.87. The van der Waals surface area contributed by atoms with E-state index in [2.05, 4.69) is 31.1 Å². The van der Waals surface area contributed by atoms with Crippen LogP contribution in [-0.2, 0) is 0 Å². The molecule has 2 rings (SSSR count). The first-order valence-corrected chi connectivity index (χ1v) is 6.54. The van der Waals surface area contributed by atoms with E-state index in [-0.39, 0.29) is 17.5 Å². The summed E-state index contributed by atoms with van der Waals surface area (Å²) in [6.07, 6.45) is 2.69. The van der Waals surface area contributed by atoms with Gasteiger partial charge in [-0.1, -0.05) is 26.8 Å². The zero-order chi connectivity index (χ0) is 14.0. The quantitative estimate of drug-likeness (QED) is 0.814. The second-order valence-corrected chi connectivity index (χ2v) is 6.00. The first kappa shape index (κ1) is 13.8. The van der Waals surface area contributed by atoms with Gasteiger partial charge in [-0.15, -0.1) is 0 Å². The number of carbonyl (C=O) groups is 1. The lowest BCUT2D eigenvalue weighted by atomic mass is 9.78. The molecular formula is C14H21N3O2. The standard InChI is InChI=1S/C14H21N3O2/c1-14(2,3)12-11(10-5-4-6-15-9-10)16-7-8-17(12)13(18)19/h4-6,9,11-12,16H,7-8H2,1-3H3,(H,18,19). The molecule has 2 heterocycles. The highest BCUT2D eigenvalue weighted by Gasteiger charge is 2.42. The Balaban J connectivity index is 2.38. The van der Waals surface area contributed by atoms with Crippen LogP contribution in [0.2, 0.25) is 0 Å². The van der Waals surface area contributed by atoms with Gasteiger partial charge in [0.15, 0.2) is 0 Å². The molecule has 2 N–H and O–H groups in total. The maximum atomic E-state index is 11.5. The molecule has 0 saturated carbocycles. The summed E-state index contributed by atoms with van der Waals surface area (Å²) in [5.41, 5.74) is 0.889. The Labute approximate surface area is 113 Å². The SMILES string of the molecule is CC(C)(C)C1C(c2cccnc2)NCCN1C(=O)O. The second-order valence-electron chi connectivity index (χ2n) is 6.00. The summed E-state index contributed by atoms with van der Waals surface area (Å²) < 4.78 is 0. The normalized spacial score (nSPS) is 24.3. The van der Waals surface area contributed by atoms with E-state index in [0.717, 1.165) is 5.56 Å². The molecule has 1 fully saturated rings. The van der Waals surface area contributed by atoms with Crippen LogP contribution in [0.3, 0.4) is 0 Å². The Morgan fingerprint density at radius 3 is 2.79 bits per heavy atom. The average molecular weight is 263 g/mol. The second kappa shape index (κ2) is 5.17. The molecule has 0 bridgehead atoms. The number of nitrogens with zero attached hydrogens (tertiary/aromatic N) is 2. The van der Waals surface area contributed by atoms with E-state index < -0.39 is 6.09 Å². The van der Waals surface area contributed by atoms with Crippen molar-refractivity contribution in [3.8, 4) is 0 Å². The van der Waals surface area contributed by atoms with Crippen molar-refractivity contribution in [3.05, 3.63) is 30.1 Å². The van der Waals surface area contributed by atoms with Gasteiger partial charge in [-0.2, -0.15) is 0 Å². The minimum atomic E-state index is -0.852. The van der Waals surface area contributed by atoms with E-state index >= 15 is 0 Å². The Morgan fingerprint density at radius 1 is 1.53 bits per heavy atom. The molecule has 1 aromatic rings. The first-order valence-electron chi connectivity index (χ1n) is 6.54. The van der Waals surface area contributed by atoms with Gasteiger partial charge in [-0.25, -0.2) is 4.79 Å². The Morgan fingerprint density at radius 2 is 2.26 bits per heavy atom. The molecule has 1 aliphatic rings. The van der Waals surface area contributed by atoms with Crippen molar-refractivity contribution >= 4 is 6.09 Å². The summed E-state index contributed by atoms with van der Waals surface area (Å²) in [6, 6.07) is 3.76. The predicted octanol–water partition coefficient (Wildman–Crippen LogP) is 2.12. The van der Waals surface area contributed by atoms with E-state index in [1.165, 1.54) is 0 Å². The fourth-order valence-electron chi connectivity index (χ4n) is 2.81. The lowest BCUT2D eigenvalue weighted by Crippen LogP contribution is -2.59. The number of piperazine rings is 1. The van der Waals surface area contributed by atoms with Gasteiger partial charge in [0.1, 0.15) is 0 Å². The van der Waals surface area contributed by atoms with Gasteiger partial charge in [0.05, 0.1) is 12.1 Å². The minimum Gasteiger partial charge on any atom is -0.465 e. The molecule has 2 atom stereocenters. The third-order valence-corrected chi connectivity index (χ3v) is 3.55. The Hall–Kier alpha value is -1.62. The molecule has 2 unspecified atom stereocenters. The van der Waals surface area contributed by atoms with Crippen LogP contribution in [0.1, 0.15) is 32.4 Å². The lowest BCUT2D eigenvalue weighted by molar-refractivity contribution is 0.0409. The van der Waals surface area contributed by atoms with E-state index in [4.69, 9.17) is 0 Å². The zero-order valence-corrected chi connectivity index (χ0v) is 11.6. The number of carboxylic acid groups (broad SMARTS) is 1. The van der Waals surface area contributed by atoms with Gasteiger partial charge in [0, 0.05) is 25.5 Å². The van der Waals surface area contributed by atoms with Crippen molar-refractivity contribution in [1.82, 2.24) is 15.2 Å². The fraction of sp³-hybridized carbons (Fsp3) is 0.571. The molecule has 5 heteroatoms. The van der Waals surface area contributed by atoms with Gasteiger partial charge in [-0.3, -0.25) is 4.98 Å². The van der Waals surface area contributed by atoms with Crippen molar-refractivity contribution < 1.29 is 9.90 Å². The highest BCUT2D eigenvalue weighted by Crippen LogP contribution is 2.35. The molecule has 1 saturated heterocycles. The Bertz CT molecular complexity index is 442. The van der Waals surface area contributed by atoms with Crippen LogP contribution in [0.4, 0.5) is 4.79 Å². The summed E-state index contributed by atoms with van der Waals surface area (Å²) in [5, 5.41) is 12.9. The molecule has 1 amide bonds. The van der Waals surface area contributed by atoms with Crippen LogP contribution < -0.4 is 5.32 Å². The molecule has 0 aromatic carbocycles. The summed E-state index contributed by atoms with van der Waals surface area (Å²) in [7, 11) is 0. The van der Waals surface area contributed by atoms with Crippen molar-refractivity contribution in [2.45, 2.75) is 32.9 Å². The van der Waals surface area contributed by atoms with E-state index in [1.54, 1.807) is 11.1 Å². The minimum absolute atomic E-state index is 0.0152. The topological polar surface area (TPSA) is 65.5 Å². The molecule has 0 radical (unpaired) electrons. The number of hydrogen-bond acceptors (Lipinski definition) is 3. The number of pyridine rings is 1. The predicted molar refractivity (Wildman–Crippen MR) is 73.0 cm³/mol. The third-order valence-electron chi connectivity index (χ3n) is 3.55. The number of aromatic nitrogens is 1. The monoisotopic (exact) mass is 263 g/mol. The van der Waals surface area contributed by atoms with Crippen LogP contribution in [0, 0.1) is 5.41 Å². The van der Waals surface area contributed by atoms with Crippen molar-refractivity contribution in [1.29, 1.82) is 0 Å². The number of amides is 1. The average Bonchev–Trinajstić information content (AvgIpc) is 2.38. The maximum Gasteiger partial charge on any atom is 0.407 e. The van der Waals surface area contributed by atoms with Crippen LogP contribution in [-0.4, -0.2) is 40.2 Å². The van der Waals surface area contributed by atoms with Crippen LogP contribution >= 0.6 is 0 Å². The highest BCUT2D eigenvalue weighted by atomic mass is 16.4. The summed E-state index contributed by atoms with van der Waals surface area (Å²) in [4.78, 5) is 17.2. The van der Waals surface area contributed by atoms with Gasteiger partial charge < -0.3 is 15.3 Å². The number of hydrogen-bond donors (Lipinski definition) is 2. The van der Waals surface area contributed by atoms with Gasteiger partial charge in [0.25, 0.3) is 0 Å². The lowest BCUT2D eigenvalue weighted by Gasteiger charge is -2.47. The molecule has 1 aliphatic heterocycles. The molecule has 1 aromatic heterocycles. The van der Waals surface area contributed by atoms with Crippen molar-refractivity contribution in [2.75, 3.05) is 13.1 Å². The van der Waals surface area contributed by atoms with E-state index in [0.29, 0.717) is 13.1 Å². The maximum absolute atomic E-state index is 11.5. The summed E-state index contributed by atoms with van der Waals surface area (Å²) in [6.45, 7) is 7.41. The molecule has 104 valence electrons. The van der Waals surface area contributed by atoms with Crippen LogP contribution in [0.5, 0.6) is 0 Å². The molecule has 0 aliphatic carbocycles. The van der Waals surface area contributed by atoms with Crippen LogP contribution in [0.25, 0.3) is 0 Å². The summed E-state index contributed by atoms with van der Waals surface area (Å²) >= 11 is 0. The van der Waals surface area contributed by atoms with E-state index in [9.17, 15) is 9.90 Å². The molecule has 0 spiro atoms. The zero-order valence-electron chi connectivity index (χ0n) is 11.6. The van der Waals surface area contributed by atoms with Gasteiger partial charge >= 0.3 is 6.09 Å². The number of nitrogens with one attached hydrogen (secondary N) is 1. The van der Waals surface area contributed by atoms with E-state index in [1.807, 2.05) is 18.3 Å². The van der Waals surface area contributed by atoms with Crippen molar-refractivity contribution in [2.24, 2.45) is 5.41 Å². The molecule has 5 nitrogen and oxygen atoms in total. The fourth-order valence-corrected chi connectivity index (χ4v) is 2.81. The smallest absolute Gasteiger partial charge is 0.407 e. The molecular weight excluding hydrogens is 242 g/mol. The van der Waals surface area contributed by atoms with Gasteiger partial charge in [0.2, 0.25) is 0 Å². The Kier molecular flexibility index (Phi) is 3.75. The largest absolute Gasteiger partial charge is 0.465 e. The number of rotatable bonds is 1. The highest BCUT2D eigenvalue weighted by molar-refractivity contribution is 5.66. The van der Waals surface area contributed by atoms with Crippen molar-refractivity contribution in [3.63, 3.8) is 0 Å². The van der Waals surface area contributed by atoms with Crippen LogP contribution in [0.15, 0.2) is 24.5 Å². The molecule has 19 heavy (non-hydrogen) atoms. The first-order chi connectivity index (χ1) is 8.91. The van der Waals surface area contributed by atoms with Gasteiger partial charge in [-0.05, 0) is 17.0 Å². The summed E-state index contributed by atoms with van der Waals surface area (Å²) in [5.74, 6) is 0.